The summed E-state index contributed by atoms with van der Waals surface area (Å²) in [5, 5.41) is 6.29. The molecule has 2 N–H and O–H groups in total. The lowest BCUT2D eigenvalue weighted by molar-refractivity contribution is -0.122. The van der Waals surface area contributed by atoms with Gasteiger partial charge >= 0.3 is 0 Å². The van der Waals surface area contributed by atoms with Gasteiger partial charge in [0.25, 0.3) is 0 Å². The second-order valence-corrected chi connectivity index (χ2v) is 5.61. The molecule has 1 aliphatic heterocycles. The number of rotatable bonds is 3. The summed E-state index contributed by atoms with van der Waals surface area (Å²) in [6.45, 7) is 2.86. The van der Waals surface area contributed by atoms with Crippen molar-refractivity contribution in [3.8, 4) is 11.3 Å². The molecule has 1 aromatic carbocycles. The van der Waals surface area contributed by atoms with Crippen LogP contribution in [0.1, 0.15) is 26.2 Å². The van der Waals surface area contributed by atoms with Gasteiger partial charge in [-0.05, 0) is 57.0 Å². The molecule has 0 spiro atoms. The van der Waals surface area contributed by atoms with Gasteiger partial charge in [-0.15, -0.1) is 12.4 Å². The largest absolute Gasteiger partial charge is 0.444 e. The van der Waals surface area contributed by atoms with Crippen LogP contribution in [0, 0.1) is 0 Å². The van der Waals surface area contributed by atoms with E-state index in [1.807, 2.05) is 31.2 Å². The molecular weight excluding hydrogens is 302 g/mol. The second-order valence-electron chi connectivity index (χ2n) is 5.61. The van der Waals surface area contributed by atoms with E-state index in [0.29, 0.717) is 5.76 Å². The molecule has 3 rings (SSSR count). The van der Waals surface area contributed by atoms with Crippen LogP contribution in [-0.4, -0.2) is 23.0 Å². The minimum Gasteiger partial charge on any atom is -0.444 e. The van der Waals surface area contributed by atoms with Crippen LogP contribution < -0.4 is 10.6 Å². The highest BCUT2D eigenvalue weighted by Crippen LogP contribution is 2.23. The van der Waals surface area contributed by atoms with Crippen LogP contribution in [0.4, 0.5) is 5.69 Å². The molecule has 1 unspecified atom stereocenters. The lowest BCUT2D eigenvalue weighted by Gasteiger charge is -2.33. The summed E-state index contributed by atoms with van der Waals surface area (Å²) in [5.41, 5.74) is 1.26. The lowest BCUT2D eigenvalue weighted by atomic mass is 9.90. The summed E-state index contributed by atoms with van der Waals surface area (Å²) in [6, 6.07) is 7.57. The molecule has 2 heterocycles. The predicted molar refractivity (Wildman–Crippen MR) is 88.1 cm³/mol. The third-order valence-electron chi connectivity index (χ3n) is 3.98. The first-order chi connectivity index (χ1) is 10.2. The Labute approximate surface area is 135 Å². The van der Waals surface area contributed by atoms with Gasteiger partial charge in [-0.3, -0.25) is 4.79 Å². The number of nitrogens with zero attached hydrogens (tertiary/aromatic N) is 1. The van der Waals surface area contributed by atoms with E-state index in [9.17, 15) is 4.79 Å². The molecule has 2 aromatic rings. The van der Waals surface area contributed by atoms with E-state index in [1.54, 1.807) is 6.20 Å². The third kappa shape index (κ3) is 3.48. The maximum absolute atomic E-state index is 12.4. The number of aromatic nitrogens is 1. The average molecular weight is 322 g/mol. The van der Waals surface area contributed by atoms with Gasteiger partial charge in [0.1, 0.15) is 0 Å². The van der Waals surface area contributed by atoms with Gasteiger partial charge in [-0.1, -0.05) is 0 Å². The van der Waals surface area contributed by atoms with Crippen molar-refractivity contribution in [2.75, 3.05) is 11.9 Å². The third-order valence-corrected chi connectivity index (χ3v) is 3.98. The Kier molecular flexibility index (Phi) is 5.21. The van der Waals surface area contributed by atoms with Crippen molar-refractivity contribution in [1.82, 2.24) is 10.3 Å². The number of carbonyl (C=O) groups excluding carboxylic acids is 1. The van der Waals surface area contributed by atoms with Gasteiger partial charge in [-0.25, -0.2) is 4.98 Å². The van der Waals surface area contributed by atoms with Crippen LogP contribution in [-0.2, 0) is 4.79 Å². The van der Waals surface area contributed by atoms with Crippen LogP contribution in [0.25, 0.3) is 11.3 Å². The summed E-state index contributed by atoms with van der Waals surface area (Å²) < 4.78 is 5.24. The molecule has 118 valence electrons. The first-order valence-corrected chi connectivity index (χ1v) is 7.23. The number of anilines is 1. The molecule has 0 saturated carbocycles. The van der Waals surface area contributed by atoms with Crippen LogP contribution in [0.3, 0.4) is 0 Å². The number of benzene rings is 1. The van der Waals surface area contributed by atoms with Crippen LogP contribution in [0.2, 0.25) is 0 Å². The maximum atomic E-state index is 12.4. The monoisotopic (exact) mass is 321 g/mol. The zero-order valence-corrected chi connectivity index (χ0v) is 13.3. The van der Waals surface area contributed by atoms with Crippen LogP contribution in [0.5, 0.6) is 0 Å². The van der Waals surface area contributed by atoms with E-state index in [-0.39, 0.29) is 18.3 Å². The molecule has 1 fully saturated rings. The number of oxazole rings is 1. The maximum Gasteiger partial charge on any atom is 0.244 e. The summed E-state index contributed by atoms with van der Waals surface area (Å²) in [4.78, 5) is 16.3. The second kappa shape index (κ2) is 6.94. The Morgan fingerprint density at radius 2 is 2.09 bits per heavy atom. The smallest absolute Gasteiger partial charge is 0.244 e. The Balaban J connectivity index is 0.00000176. The zero-order chi connectivity index (χ0) is 14.7. The molecule has 22 heavy (non-hydrogen) atoms. The minimum atomic E-state index is -0.470. The van der Waals surface area contributed by atoms with Crippen molar-refractivity contribution in [3.63, 3.8) is 0 Å². The number of nitrogens with one attached hydrogen (secondary N) is 2. The predicted octanol–water partition coefficient (Wildman–Crippen LogP) is 3.23. The molecule has 5 nitrogen and oxygen atoms in total. The standard InChI is InChI=1S/C16H19N3O2.ClH/c1-16(8-2-3-9-18-16)15(20)19-13-6-4-12(5-7-13)14-10-17-11-21-14;/h4-7,10-11,18H,2-3,8-9H2,1H3,(H,19,20);1H. The summed E-state index contributed by atoms with van der Waals surface area (Å²) in [6.07, 6.45) is 6.16. The van der Waals surface area contributed by atoms with E-state index in [2.05, 4.69) is 15.6 Å². The molecule has 0 aliphatic carbocycles. The van der Waals surface area contributed by atoms with Crippen LogP contribution in [0.15, 0.2) is 41.3 Å². The van der Waals surface area contributed by atoms with Gasteiger partial charge in [-0.2, -0.15) is 0 Å². The van der Waals surface area contributed by atoms with Crippen molar-refractivity contribution >= 4 is 24.0 Å². The van der Waals surface area contributed by atoms with Crippen molar-refractivity contribution in [2.45, 2.75) is 31.7 Å². The number of carbonyl (C=O) groups is 1. The minimum absolute atomic E-state index is 0. The average Bonchev–Trinajstić information content (AvgIpc) is 3.03. The van der Waals surface area contributed by atoms with Crippen molar-refractivity contribution in [1.29, 1.82) is 0 Å². The highest BCUT2D eigenvalue weighted by atomic mass is 35.5. The Morgan fingerprint density at radius 3 is 2.68 bits per heavy atom. The Bertz CT molecular complexity index is 605. The summed E-state index contributed by atoms with van der Waals surface area (Å²) in [5.74, 6) is 0.739. The Morgan fingerprint density at radius 1 is 1.32 bits per heavy atom. The lowest BCUT2D eigenvalue weighted by Crippen LogP contribution is -2.54. The fraction of sp³-hybridized carbons (Fsp3) is 0.375. The van der Waals surface area contributed by atoms with Crippen LogP contribution >= 0.6 is 12.4 Å². The highest BCUT2D eigenvalue weighted by Gasteiger charge is 2.34. The van der Waals surface area contributed by atoms with Crippen molar-refractivity contribution in [3.05, 3.63) is 36.9 Å². The normalized spacial score (nSPS) is 21.0. The molecule has 0 bridgehead atoms. The molecular formula is C16H20ClN3O2. The molecule has 1 aromatic heterocycles. The zero-order valence-electron chi connectivity index (χ0n) is 12.5. The van der Waals surface area contributed by atoms with Gasteiger partial charge in [0.05, 0.1) is 11.7 Å². The molecule has 6 heteroatoms. The molecule has 1 saturated heterocycles. The first-order valence-electron chi connectivity index (χ1n) is 7.23. The fourth-order valence-corrected chi connectivity index (χ4v) is 2.60. The molecule has 1 amide bonds. The van der Waals surface area contributed by atoms with E-state index in [0.717, 1.165) is 37.1 Å². The Hall–Kier alpha value is -1.85. The number of amides is 1. The van der Waals surface area contributed by atoms with Gasteiger partial charge in [0.15, 0.2) is 12.2 Å². The summed E-state index contributed by atoms with van der Waals surface area (Å²) in [7, 11) is 0. The first kappa shape index (κ1) is 16.5. The summed E-state index contributed by atoms with van der Waals surface area (Å²) >= 11 is 0. The van der Waals surface area contributed by atoms with E-state index in [1.165, 1.54) is 6.39 Å². The topological polar surface area (TPSA) is 67.2 Å². The quantitative estimate of drug-likeness (QED) is 0.910. The molecule has 0 radical (unpaired) electrons. The molecule has 1 aliphatic rings. The van der Waals surface area contributed by atoms with Gasteiger partial charge in [0.2, 0.25) is 5.91 Å². The van der Waals surface area contributed by atoms with E-state index < -0.39 is 5.54 Å². The number of piperidine rings is 1. The van der Waals surface area contributed by atoms with E-state index in [4.69, 9.17) is 4.42 Å². The number of hydrogen-bond donors (Lipinski definition) is 2. The van der Waals surface area contributed by atoms with Gasteiger partial charge in [0, 0.05) is 11.3 Å². The van der Waals surface area contributed by atoms with Crippen molar-refractivity contribution in [2.24, 2.45) is 0 Å². The fourth-order valence-electron chi connectivity index (χ4n) is 2.60. The SMILES string of the molecule is CC1(C(=O)Nc2ccc(-c3cnco3)cc2)CCCCN1.Cl. The highest BCUT2D eigenvalue weighted by molar-refractivity contribution is 5.98. The van der Waals surface area contributed by atoms with Gasteiger partial charge < -0.3 is 15.1 Å². The number of halogens is 1. The van der Waals surface area contributed by atoms with Crippen molar-refractivity contribution < 1.29 is 9.21 Å². The number of hydrogen-bond acceptors (Lipinski definition) is 4. The molecule has 1 atom stereocenters. The van der Waals surface area contributed by atoms with E-state index >= 15 is 0 Å².